The number of nitro benzene ring substituents is 1. The van der Waals surface area contributed by atoms with Gasteiger partial charge in [0.15, 0.2) is 0 Å². The number of carbonyl (C=O) groups is 2. The molecule has 72 heavy (non-hydrogen) atoms. The number of amides is 2. The third-order valence-electron chi connectivity index (χ3n) is 14.2. The molecule has 0 saturated heterocycles. The van der Waals surface area contributed by atoms with E-state index >= 15 is 0 Å². The summed E-state index contributed by atoms with van der Waals surface area (Å²) < 4.78 is 26.4. The zero-order valence-electron chi connectivity index (χ0n) is 42.6. The predicted octanol–water partition coefficient (Wildman–Crippen LogP) is 12.3. The lowest BCUT2D eigenvalue weighted by Crippen LogP contribution is -2.70. The quantitative estimate of drug-likeness (QED) is 0.0240. The van der Waals surface area contributed by atoms with Gasteiger partial charge in [0.1, 0.15) is 29.9 Å². The van der Waals surface area contributed by atoms with Gasteiger partial charge in [-0.15, -0.1) is 6.58 Å². The number of unbranched alkanes of at least 4 members (excludes halogenated alkanes) is 11. The monoisotopic (exact) mass is 995 g/mol. The predicted molar refractivity (Wildman–Crippen MR) is 278 cm³/mol. The number of ether oxygens (including phenoxy) is 4. The van der Waals surface area contributed by atoms with Crippen LogP contribution in [0, 0.1) is 27.9 Å². The minimum absolute atomic E-state index is 0.0156. The summed E-state index contributed by atoms with van der Waals surface area (Å²) in [5.74, 6) is -1.61. The van der Waals surface area contributed by atoms with Crippen LogP contribution >= 0.6 is 0 Å². The molecule has 15 nitrogen and oxygen atoms in total. The van der Waals surface area contributed by atoms with E-state index in [1.807, 2.05) is 49.4 Å². The first-order valence-electron chi connectivity index (χ1n) is 26.6. The SMILES string of the molecule is C=CCOC12Oc3ccc(OC(=O)NCCCCCCCCCCCC)cc3C3C(CCCCO)C(CCCCO)C=C(C(=NOCc4ccccc4)CC1N(CCC)C(=O)Oc1ccc([N+](=O)[O-])cc1)C32. The Kier molecular flexibility index (Phi) is 22.4. The highest BCUT2D eigenvalue weighted by Crippen LogP contribution is 2.62. The number of carbonyl (C=O) groups excluding carboxylic acids is 2. The van der Waals surface area contributed by atoms with Crippen molar-refractivity contribution < 1.29 is 48.5 Å². The molecule has 2 amide bonds. The Labute approximate surface area is 426 Å². The maximum atomic E-state index is 14.7. The van der Waals surface area contributed by atoms with Gasteiger partial charge < -0.3 is 39.3 Å². The number of nitrogens with zero attached hydrogens (tertiary/aromatic N) is 3. The average Bonchev–Trinajstić information content (AvgIpc) is 3.38. The summed E-state index contributed by atoms with van der Waals surface area (Å²) in [6.45, 7) is 9.30. The molecule has 0 radical (unpaired) electrons. The molecule has 1 heterocycles. The third kappa shape index (κ3) is 14.9. The number of allylic oxidation sites excluding steroid dienone is 1. The van der Waals surface area contributed by atoms with Crippen LogP contribution in [0.5, 0.6) is 17.2 Å². The Morgan fingerprint density at radius 2 is 1.54 bits per heavy atom. The number of aliphatic hydroxyl groups excluding tert-OH is 2. The van der Waals surface area contributed by atoms with Crippen molar-refractivity contribution in [1.29, 1.82) is 0 Å². The fourth-order valence-corrected chi connectivity index (χ4v) is 10.8. The van der Waals surface area contributed by atoms with Gasteiger partial charge >= 0.3 is 12.2 Å². The summed E-state index contributed by atoms with van der Waals surface area (Å²) in [5.41, 5.74) is 3.06. The van der Waals surface area contributed by atoms with Gasteiger partial charge in [0, 0.05) is 56.3 Å². The van der Waals surface area contributed by atoms with E-state index in [0.717, 1.165) is 61.6 Å². The second kappa shape index (κ2) is 29.1. The van der Waals surface area contributed by atoms with Crippen molar-refractivity contribution in [1.82, 2.24) is 10.2 Å². The summed E-state index contributed by atoms with van der Waals surface area (Å²) in [6.07, 6.45) is 19.5. The molecular formula is C57H78N4O11. The highest BCUT2D eigenvalue weighted by Gasteiger charge is 2.65. The third-order valence-corrected chi connectivity index (χ3v) is 14.2. The molecule has 3 N–H and O–H groups in total. The number of hydrogen-bond acceptors (Lipinski definition) is 12. The van der Waals surface area contributed by atoms with E-state index in [0.29, 0.717) is 43.0 Å². The van der Waals surface area contributed by atoms with Crippen LogP contribution in [0.3, 0.4) is 0 Å². The van der Waals surface area contributed by atoms with Crippen molar-refractivity contribution in [3.05, 3.63) is 118 Å². The highest BCUT2D eigenvalue weighted by atomic mass is 16.7. The number of nitrogens with one attached hydrogen (secondary N) is 1. The topological polar surface area (TPSA) is 192 Å². The fraction of sp³-hybridized carbons (Fsp3) is 0.561. The van der Waals surface area contributed by atoms with Crippen LogP contribution in [0.25, 0.3) is 0 Å². The smallest absolute Gasteiger partial charge is 0.415 e. The van der Waals surface area contributed by atoms with Crippen molar-refractivity contribution in [2.24, 2.45) is 22.9 Å². The molecular weight excluding hydrogens is 917 g/mol. The summed E-state index contributed by atoms with van der Waals surface area (Å²) in [4.78, 5) is 46.9. The first-order valence-corrected chi connectivity index (χ1v) is 26.6. The van der Waals surface area contributed by atoms with E-state index in [2.05, 4.69) is 24.9 Å². The van der Waals surface area contributed by atoms with E-state index in [1.54, 1.807) is 17.0 Å². The maximum Gasteiger partial charge on any atom is 0.415 e. The Hall–Kier alpha value is -5.77. The second-order valence-corrected chi connectivity index (χ2v) is 19.3. The lowest BCUT2D eigenvalue weighted by Gasteiger charge is -2.59. The lowest BCUT2D eigenvalue weighted by atomic mass is 9.55. The Morgan fingerprint density at radius 1 is 0.861 bits per heavy atom. The van der Waals surface area contributed by atoms with Gasteiger partial charge in [0.2, 0.25) is 5.79 Å². The van der Waals surface area contributed by atoms with Crippen LogP contribution in [0.1, 0.15) is 146 Å². The largest absolute Gasteiger partial charge is 0.459 e. The molecule has 6 atom stereocenters. The first-order chi connectivity index (χ1) is 35.2. The number of aliphatic hydroxyl groups is 2. The number of hydrogen-bond donors (Lipinski definition) is 3. The van der Waals surface area contributed by atoms with Crippen LogP contribution in [-0.4, -0.2) is 82.7 Å². The van der Waals surface area contributed by atoms with Crippen molar-refractivity contribution in [2.75, 3.05) is 32.9 Å². The number of oxime groups is 1. The molecule has 6 unspecified atom stereocenters. The summed E-state index contributed by atoms with van der Waals surface area (Å²) >= 11 is 0. The van der Waals surface area contributed by atoms with Gasteiger partial charge in [-0.25, -0.2) is 9.59 Å². The van der Waals surface area contributed by atoms with E-state index in [4.69, 9.17) is 28.9 Å². The van der Waals surface area contributed by atoms with E-state index in [-0.39, 0.29) is 68.6 Å². The number of benzene rings is 3. The fourth-order valence-electron chi connectivity index (χ4n) is 10.8. The highest BCUT2D eigenvalue weighted by molar-refractivity contribution is 6.03. The van der Waals surface area contributed by atoms with E-state index in [1.165, 1.54) is 69.2 Å². The van der Waals surface area contributed by atoms with Gasteiger partial charge in [0.25, 0.3) is 5.69 Å². The van der Waals surface area contributed by atoms with Crippen LogP contribution in [0.4, 0.5) is 15.3 Å². The molecule has 6 rings (SSSR count). The van der Waals surface area contributed by atoms with Crippen molar-refractivity contribution in [3.63, 3.8) is 0 Å². The zero-order chi connectivity index (χ0) is 51.1. The molecule has 3 aromatic rings. The number of rotatable bonds is 31. The molecule has 3 aliphatic rings. The van der Waals surface area contributed by atoms with Gasteiger partial charge in [-0.05, 0) is 91.8 Å². The molecule has 1 aliphatic heterocycles. The Bertz CT molecular complexity index is 2240. The number of fused-ring (bicyclic) bond motifs is 2. The van der Waals surface area contributed by atoms with Crippen LogP contribution < -0.4 is 19.5 Å². The molecule has 3 aromatic carbocycles. The van der Waals surface area contributed by atoms with E-state index < -0.39 is 34.9 Å². The van der Waals surface area contributed by atoms with Gasteiger partial charge in [0.05, 0.1) is 23.2 Å². The van der Waals surface area contributed by atoms with Gasteiger partial charge in [-0.1, -0.05) is 132 Å². The maximum absolute atomic E-state index is 14.7. The van der Waals surface area contributed by atoms with Crippen molar-refractivity contribution in [2.45, 2.75) is 154 Å². The molecule has 392 valence electrons. The second-order valence-electron chi connectivity index (χ2n) is 19.3. The van der Waals surface area contributed by atoms with Gasteiger partial charge in [-0.2, -0.15) is 0 Å². The molecule has 0 aromatic heterocycles. The Balaban J connectivity index is 1.40. The molecule has 2 aliphatic carbocycles. The summed E-state index contributed by atoms with van der Waals surface area (Å²) in [5, 5.41) is 39.4. The zero-order valence-corrected chi connectivity index (χ0v) is 42.6. The van der Waals surface area contributed by atoms with Crippen LogP contribution in [-0.2, 0) is 16.2 Å². The number of nitro groups is 1. The van der Waals surface area contributed by atoms with Crippen LogP contribution in [0.2, 0.25) is 0 Å². The average molecular weight is 995 g/mol. The molecule has 1 saturated carbocycles. The molecule has 0 spiro atoms. The molecule has 1 fully saturated rings. The summed E-state index contributed by atoms with van der Waals surface area (Å²) in [7, 11) is 0. The minimum atomic E-state index is -1.56. The van der Waals surface area contributed by atoms with Crippen molar-refractivity contribution in [3.8, 4) is 17.2 Å². The molecule has 0 bridgehead atoms. The Morgan fingerprint density at radius 3 is 2.21 bits per heavy atom. The summed E-state index contributed by atoms with van der Waals surface area (Å²) in [6, 6.07) is 19.7. The standard InChI is InChI=1S/C57H78N4O11/c1-4-7-8-9-10-11-12-13-14-20-33-58-55(64)70-46-31-32-51-49(39-46)53-47(26-19-22-36-63)43(25-18-21-35-62)38-48-50(59-69-41-42-23-16-15-17-24-42)40-52(57(72-51,54(48)53)68-37-6-3)60(34-5-2)56(65)71-45-29-27-44(28-30-45)61(66)67/h6,15-17,23-24,27-32,38-39,43,47,52-54,62-63H,3-5,7-14,18-22,25-26,33-37,40-41H2,1-2H3,(H,58,64). The van der Waals surface area contributed by atoms with Crippen LogP contribution in [0.15, 0.2) is 102 Å². The normalized spacial score (nSPS) is 21.4. The first kappa shape index (κ1) is 55.5. The number of non-ortho nitro benzene ring substituents is 1. The van der Waals surface area contributed by atoms with E-state index in [9.17, 15) is 29.9 Å². The minimum Gasteiger partial charge on any atom is -0.459 e. The van der Waals surface area contributed by atoms with Gasteiger partial charge in [-0.3, -0.25) is 15.0 Å². The molecule has 15 heteroatoms. The lowest BCUT2D eigenvalue weighted by molar-refractivity contribution is -0.384. The van der Waals surface area contributed by atoms with Crippen molar-refractivity contribution >= 4 is 23.6 Å².